The molecule has 1 aliphatic rings. The first-order valence-corrected chi connectivity index (χ1v) is 7.44. The van der Waals surface area contributed by atoms with Gasteiger partial charge in [0.15, 0.2) is 14.9 Å². The van der Waals surface area contributed by atoms with Gasteiger partial charge in [-0.15, -0.1) is 0 Å². The summed E-state index contributed by atoms with van der Waals surface area (Å²) in [6.07, 6.45) is 3.33. The molecule has 2 rings (SSSR count). The second-order valence-corrected chi connectivity index (χ2v) is 6.71. The first kappa shape index (κ1) is 13.0. The zero-order valence-electron chi connectivity index (χ0n) is 9.82. The number of aromatic nitrogens is 1. The van der Waals surface area contributed by atoms with Gasteiger partial charge in [-0.25, -0.2) is 13.4 Å². The molecule has 1 aromatic rings. The molecule has 0 spiro atoms. The van der Waals surface area contributed by atoms with Gasteiger partial charge < -0.3 is 5.11 Å². The molecule has 1 fully saturated rings. The predicted octanol–water partition coefficient (Wildman–Crippen LogP) is 1.50. The van der Waals surface area contributed by atoms with Crippen LogP contribution in [-0.4, -0.2) is 29.7 Å². The third-order valence-electron chi connectivity index (χ3n) is 3.34. The minimum Gasteiger partial charge on any atom is -0.481 e. The lowest BCUT2D eigenvalue weighted by atomic mass is 9.89. The van der Waals surface area contributed by atoms with Crippen LogP contribution < -0.4 is 0 Å². The Morgan fingerprint density at radius 1 is 1.33 bits per heavy atom. The van der Waals surface area contributed by atoms with Gasteiger partial charge in [0.1, 0.15) is 0 Å². The van der Waals surface area contributed by atoms with Crippen LogP contribution in [0.2, 0.25) is 0 Å². The fourth-order valence-electron chi connectivity index (χ4n) is 2.34. The van der Waals surface area contributed by atoms with Gasteiger partial charge in [0.25, 0.3) is 0 Å². The molecule has 6 heteroatoms. The minimum atomic E-state index is -3.50. The lowest BCUT2D eigenvalue weighted by Gasteiger charge is -2.25. The van der Waals surface area contributed by atoms with Gasteiger partial charge >= 0.3 is 5.97 Å². The lowest BCUT2D eigenvalue weighted by Crippen LogP contribution is -2.32. The fraction of sp³-hybridized carbons (Fsp3) is 0.500. The van der Waals surface area contributed by atoms with Crippen LogP contribution >= 0.6 is 0 Å². The monoisotopic (exact) mass is 269 g/mol. The fourth-order valence-corrected chi connectivity index (χ4v) is 4.12. The summed E-state index contributed by atoms with van der Waals surface area (Å²) >= 11 is 0. The molecule has 1 aromatic heterocycles. The van der Waals surface area contributed by atoms with Crippen LogP contribution in [0.3, 0.4) is 0 Å². The zero-order chi connectivity index (χ0) is 13.2. The lowest BCUT2D eigenvalue weighted by molar-refractivity contribution is -0.142. The van der Waals surface area contributed by atoms with Crippen LogP contribution in [0.1, 0.15) is 25.7 Å². The molecular formula is C12H15NO4S. The van der Waals surface area contributed by atoms with Crippen molar-refractivity contribution < 1.29 is 18.3 Å². The highest BCUT2D eigenvalue weighted by Crippen LogP contribution is 2.31. The Morgan fingerprint density at radius 2 is 2.11 bits per heavy atom. The van der Waals surface area contributed by atoms with Gasteiger partial charge in [-0.05, 0) is 31.4 Å². The highest BCUT2D eigenvalue weighted by molar-refractivity contribution is 7.92. The predicted molar refractivity (Wildman–Crippen MR) is 64.8 cm³/mol. The third kappa shape index (κ3) is 2.53. The van der Waals surface area contributed by atoms with E-state index in [-0.39, 0.29) is 11.4 Å². The summed E-state index contributed by atoms with van der Waals surface area (Å²) < 4.78 is 24.6. The summed E-state index contributed by atoms with van der Waals surface area (Å²) in [5.41, 5.74) is 0. The van der Waals surface area contributed by atoms with E-state index in [1.165, 1.54) is 12.3 Å². The van der Waals surface area contributed by atoms with Gasteiger partial charge in [-0.2, -0.15) is 0 Å². The molecule has 0 amide bonds. The third-order valence-corrected chi connectivity index (χ3v) is 5.47. The van der Waals surface area contributed by atoms with E-state index in [0.29, 0.717) is 19.3 Å². The van der Waals surface area contributed by atoms with Crippen molar-refractivity contribution in [2.75, 3.05) is 0 Å². The molecule has 2 atom stereocenters. The number of carboxylic acids is 1. The second kappa shape index (κ2) is 5.06. The number of hydrogen-bond acceptors (Lipinski definition) is 4. The Kier molecular flexibility index (Phi) is 3.65. The molecule has 0 aliphatic heterocycles. The van der Waals surface area contributed by atoms with Crippen LogP contribution in [0.15, 0.2) is 29.4 Å². The molecular weight excluding hydrogens is 254 g/mol. The largest absolute Gasteiger partial charge is 0.481 e. The van der Waals surface area contributed by atoms with E-state index in [0.717, 1.165) is 0 Å². The van der Waals surface area contributed by atoms with Crippen LogP contribution in [0, 0.1) is 5.92 Å². The van der Waals surface area contributed by atoms with Crippen molar-refractivity contribution in [2.24, 2.45) is 5.92 Å². The molecule has 5 nitrogen and oxygen atoms in total. The van der Waals surface area contributed by atoms with Crippen molar-refractivity contribution >= 4 is 15.8 Å². The number of nitrogens with zero attached hydrogens (tertiary/aromatic N) is 1. The smallest absolute Gasteiger partial charge is 0.306 e. The summed E-state index contributed by atoms with van der Waals surface area (Å²) in [7, 11) is -3.50. The van der Waals surface area contributed by atoms with Crippen molar-refractivity contribution in [1.29, 1.82) is 0 Å². The van der Waals surface area contributed by atoms with E-state index in [1.807, 2.05) is 0 Å². The molecule has 1 heterocycles. The molecule has 18 heavy (non-hydrogen) atoms. The number of carboxylic acid groups (broad SMARTS) is 1. The Balaban J connectivity index is 2.23. The highest BCUT2D eigenvalue weighted by atomic mass is 32.2. The summed E-state index contributed by atoms with van der Waals surface area (Å²) in [5.74, 6) is -1.46. The van der Waals surface area contributed by atoms with E-state index in [4.69, 9.17) is 5.11 Å². The Labute approximate surface area is 106 Å². The number of carbonyl (C=O) groups is 1. The van der Waals surface area contributed by atoms with Crippen molar-refractivity contribution in [3.63, 3.8) is 0 Å². The Morgan fingerprint density at radius 3 is 2.72 bits per heavy atom. The maximum absolute atomic E-state index is 12.3. The van der Waals surface area contributed by atoms with E-state index in [9.17, 15) is 13.2 Å². The molecule has 0 radical (unpaired) electrons. The topological polar surface area (TPSA) is 84.3 Å². The van der Waals surface area contributed by atoms with Crippen LogP contribution in [0.4, 0.5) is 0 Å². The minimum absolute atomic E-state index is 0.0426. The Hall–Kier alpha value is -1.43. The summed E-state index contributed by atoms with van der Waals surface area (Å²) in [5, 5.41) is 8.40. The number of hydrogen-bond donors (Lipinski definition) is 1. The van der Waals surface area contributed by atoms with Crippen molar-refractivity contribution in [1.82, 2.24) is 4.98 Å². The number of pyridine rings is 1. The van der Waals surface area contributed by atoms with Gasteiger partial charge in [-0.1, -0.05) is 12.5 Å². The van der Waals surface area contributed by atoms with E-state index in [1.54, 1.807) is 12.1 Å². The molecule has 1 aliphatic carbocycles. The van der Waals surface area contributed by atoms with E-state index in [2.05, 4.69) is 4.98 Å². The van der Waals surface area contributed by atoms with Gasteiger partial charge in [0.05, 0.1) is 11.2 Å². The standard InChI is InChI=1S/C12H15NO4S/c14-12(15)9-4-3-5-10(8-9)18(16,17)11-6-1-2-7-13-11/h1-2,6-7,9-10H,3-5,8H2,(H,14,15). The van der Waals surface area contributed by atoms with Gasteiger partial charge in [-0.3, -0.25) is 4.79 Å². The number of rotatable bonds is 3. The maximum atomic E-state index is 12.3. The van der Waals surface area contributed by atoms with Gasteiger partial charge in [0.2, 0.25) is 0 Å². The average Bonchev–Trinajstić information content (AvgIpc) is 2.40. The van der Waals surface area contributed by atoms with Crippen LogP contribution in [0.5, 0.6) is 0 Å². The van der Waals surface area contributed by atoms with Gasteiger partial charge in [0, 0.05) is 6.20 Å². The van der Waals surface area contributed by atoms with E-state index < -0.39 is 27.0 Å². The molecule has 0 bridgehead atoms. The van der Waals surface area contributed by atoms with Crippen molar-refractivity contribution in [2.45, 2.75) is 36.0 Å². The molecule has 98 valence electrons. The number of sulfone groups is 1. The van der Waals surface area contributed by atoms with Crippen LogP contribution in [0.25, 0.3) is 0 Å². The number of aliphatic carboxylic acids is 1. The maximum Gasteiger partial charge on any atom is 0.306 e. The second-order valence-electron chi connectivity index (χ2n) is 4.54. The SMILES string of the molecule is O=C(O)C1CCCC(S(=O)(=O)c2ccccn2)C1. The van der Waals surface area contributed by atoms with Crippen LogP contribution in [-0.2, 0) is 14.6 Å². The molecule has 1 saturated carbocycles. The summed E-state index contributed by atoms with van der Waals surface area (Å²) in [6, 6.07) is 4.73. The molecule has 0 saturated heterocycles. The van der Waals surface area contributed by atoms with Crippen molar-refractivity contribution in [3.8, 4) is 0 Å². The first-order chi connectivity index (χ1) is 8.51. The Bertz CT molecular complexity index is 526. The zero-order valence-corrected chi connectivity index (χ0v) is 10.6. The average molecular weight is 269 g/mol. The highest BCUT2D eigenvalue weighted by Gasteiger charge is 2.36. The summed E-state index contributed by atoms with van der Waals surface area (Å²) in [6.45, 7) is 0. The van der Waals surface area contributed by atoms with E-state index >= 15 is 0 Å². The first-order valence-electron chi connectivity index (χ1n) is 5.89. The molecule has 1 N–H and O–H groups in total. The summed E-state index contributed by atoms with van der Waals surface area (Å²) in [4.78, 5) is 14.8. The molecule has 2 unspecified atom stereocenters. The quantitative estimate of drug-likeness (QED) is 0.898. The van der Waals surface area contributed by atoms with Crippen molar-refractivity contribution in [3.05, 3.63) is 24.4 Å². The molecule has 0 aromatic carbocycles. The normalized spacial score (nSPS) is 24.7.